The number of ether oxygens (including phenoxy) is 2. The van der Waals surface area contributed by atoms with Gasteiger partial charge in [-0.05, 0) is 25.7 Å². The lowest BCUT2D eigenvalue weighted by atomic mass is 9.52. The quantitative estimate of drug-likeness (QED) is 0.627. The fraction of sp³-hybridized carbons (Fsp3) is 0.647. The summed E-state index contributed by atoms with van der Waals surface area (Å²) in [5, 5.41) is 10.6. The van der Waals surface area contributed by atoms with Crippen molar-refractivity contribution in [2.75, 3.05) is 14.2 Å². The molecule has 2 aliphatic rings. The number of allylic oxidation sites excluding steroid dienone is 2. The molecular weight excluding hydrogens is 284 g/mol. The molecule has 0 amide bonds. The van der Waals surface area contributed by atoms with E-state index in [9.17, 15) is 14.7 Å². The average molecular weight is 308 g/mol. The van der Waals surface area contributed by atoms with E-state index in [1.807, 2.05) is 26.8 Å². The highest BCUT2D eigenvalue weighted by Crippen LogP contribution is 2.58. The molecule has 0 heterocycles. The fourth-order valence-electron chi connectivity index (χ4n) is 4.11. The van der Waals surface area contributed by atoms with Gasteiger partial charge >= 0.3 is 11.9 Å². The molecule has 5 nitrogen and oxygen atoms in total. The number of aliphatic hydroxyl groups is 1. The molecule has 0 unspecified atom stereocenters. The van der Waals surface area contributed by atoms with Crippen LogP contribution in [0.15, 0.2) is 23.0 Å². The number of carbonyl (C=O) groups is 2. The van der Waals surface area contributed by atoms with Gasteiger partial charge in [0.2, 0.25) is 0 Å². The van der Waals surface area contributed by atoms with Crippen LogP contribution in [0.2, 0.25) is 0 Å². The van der Waals surface area contributed by atoms with Crippen LogP contribution in [0.3, 0.4) is 0 Å². The Morgan fingerprint density at radius 3 is 2.45 bits per heavy atom. The molecule has 2 aliphatic carbocycles. The van der Waals surface area contributed by atoms with Crippen molar-refractivity contribution >= 4 is 11.9 Å². The first-order valence-corrected chi connectivity index (χ1v) is 7.48. The molecule has 5 heteroatoms. The normalized spacial score (nSPS) is 30.2. The Morgan fingerprint density at radius 1 is 1.27 bits per heavy atom. The minimum absolute atomic E-state index is 0.0248. The predicted octanol–water partition coefficient (Wildman–Crippen LogP) is 2.92. The maximum absolute atomic E-state index is 12.6. The van der Waals surface area contributed by atoms with E-state index in [2.05, 4.69) is 0 Å². The lowest BCUT2D eigenvalue weighted by molar-refractivity contribution is -0.158. The maximum Gasteiger partial charge on any atom is 0.337 e. The van der Waals surface area contributed by atoms with Gasteiger partial charge in [-0.3, -0.25) is 4.79 Å². The van der Waals surface area contributed by atoms with Crippen LogP contribution in [0.1, 0.15) is 40.0 Å². The van der Waals surface area contributed by atoms with E-state index in [0.717, 1.165) is 18.4 Å². The second-order valence-corrected chi connectivity index (χ2v) is 6.83. The maximum atomic E-state index is 12.6. The molecular formula is C17H24O5. The third-order valence-corrected chi connectivity index (χ3v) is 5.19. The van der Waals surface area contributed by atoms with Crippen molar-refractivity contribution in [3.63, 3.8) is 0 Å². The summed E-state index contributed by atoms with van der Waals surface area (Å²) < 4.78 is 9.84. The van der Waals surface area contributed by atoms with Crippen LogP contribution in [-0.2, 0) is 19.1 Å². The van der Waals surface area contributed by atoms with E-state index >= 15 is 0 Å². The molecule has 0 radical (unpaired) electrons. The molecule has 0 saturated heterocycles. The lowest BCUT2D eigenvalue weighted by Gasteiger charge is -2.51. The number of esters is 2. The molecule has 1 N–H and O–H groups in total. The molecule has 0 aliphatic heterocycles. The Labute approximate surface area is 131 Å². The summed E-state index contributed by atoms with van der Waals surface area (Å²) in [6, 6.07) is 0. The summed E-state index contributed by atoms with van der Waals surface area (Å²) in [4.78, 5) is 24.7. The number of rotatable bonds is 2. The summed E-state index contributed by atoms with van der Waals surface area (Å²) >= 11 is 0. The van der Waals surface area contributed by atoms with Gasteiger partial charge in [-0.25, -0.2) is 4.79 Å². The largest absolute Gasteiger partial charge is 0.511 e. The van der Waals surface area contributed by atoms with Crippen molar-refractivity contribution in [3.05, 3.63) is 23.0 Å². The Morgan fingerprint density at radius 2 is 1.91 bits per heavy atom. The van der Waals surface area contributed by atoms with Gasteiger partial charge in [0.1, 0.15) is 5.76 Å². The van der Waals surface area contributed by atoms with Crippen LogP contribution < -0.4 is 0 Å². The summed E-state index contributed by atoms with van der Waals surface area (Å²) in [7, 11) is 2.63. The zero-order valence-electron chi connectivity index (χ0n) is 13.9. The highest BCUT2D eigenvalue weighted by molar-refractivity contribution is 5.92. The van der Waals surface area contributed by atoms with E-state index in [-0.39, 0.29) is 29.6 Å². The first-order valence-electron chi connectivity index (χ1n) is 7.48. The number of fused-ring (bicyclic) bond motifs is 1. The molecule has 0 aromatic heterocycles. The van der Waals surface area contributed by atoms with Gasteiger partial charge in [0.25, 0.3) is 0 Å². The van der Waals surface area contributed by atoms with Gasteiger partial charge in [-0.15, -0.1) is 0 Å². The van der Waals surface area contributed by atoms with Crippen molar-refractivity contribution in [3.8, 4) is 0 Å². The van der Waals surface area contributed by atoms with Gasteiger partial charge in [0, 0.05) is 11.8 Å². The zero-order valence-corrected chi connectivity index (χ0v) is 13.9. The number of carbonyl (C=O) groups excluding carboxylic acids is 2. The first kappa shape index (κ1) is 16.6. The van der Waals surface area contributed by atoms with E-state index in [4.69, 9.17) is 9.47 Å². The zero-order chi connectivity index (χ0) is 16.7. The summed E-state index contributed by atoms with van der Waals surface area (Å²) in [5.41, 5.74) is -0.355. The molecule has 0 spiro atoms. The summed E-state index contributed by atoms with van der Waals surface area (Å²) in [5.74, 6) is -1.05. The number of hydrogen-bond donors (Lipinski definition) is 1. The van der Waals surface area contributed by atoms with Crippen molar-refractivity contribution < 1.29 is 24.2 Å². The Kier molecular flexibility index (Phi) is 4.11. The van der Waals surface area contributed by atoms with E-state index in [0.29, 0.717) is 0 Å². The molecule has 0 saturated carbocycles. The monoisotopic (exact) mass is 308 g/mol. The van der Waals surface area contributed by atoms with E-state index in [1.54, 1.807) is 0 Å². The van der Waals surface area contributed by atoms with E-state index in [1.165, 1.54) is 14.2 Å². The Hall–Kier alpha value is -1.78. The topological polar surface area (TPSA) is 72.8 Å². The molecule has 0 aromatic carbocycles. The van der Waals surface area contributed by atoms with Crippen LogP contribution >= 0.6 is 0 Å². The number of aliphatic hydroxyl groups excluding tert-OH is 1. The molecule has 2 atom stereocenters. The second-order valence-electron chi connectivity index (χ2n) is 6.83. The Balaban J connectivity index is 2.68. The van der Waals surface area contributed by atoms with Crippen molar-refractivity contribution in [2.24, 2.45) is 16.7 Å². The minimum atomic E-state index is -0.920. The number of methoxy groups -OCH3 is 2. The van der Waals surface area contributed by atoms with Gasteiger partial charge in [0.15, 0.2) is 0 Å². The number of hydrogen-bond acceptors (Lipinski definition) is 5. The van der Waals surface area contributed by atoms with E-state index < -0.39 is 16.8 Å². The predicted molar refractivity (Wildman–Crippen MR) is 81.0 cm³/mol. The van der Waals surface area contributed by atoms with Gasteiger partial charge < -0.3 is 14.6 Å². The molecule has 0 fully saturated rings. The van der Waals surface area contributed by atoms with Crippen LogP contribution in [-0.4, -0.2) is 31.3 Å². The van der Waals surface area contributed by atoms with Crippen molar-refractivity contribution in [1.82, 2.24) is 0 Å². The first-order chi connectivity index (χ1) is 10.2. The smallest absolute Gasteiger partial charge is 0.337 e. The van der Waals surface area contributed by atoms with Gasteiger partial charge in [-0.1, -0.05) is 25.5 Å². The Bertz CT molecular complexity index is 570. The minimum Gasteiger partial charge on any atom is -0.511 e. The van der Waals surface area contributed by atoms with Gasteiger partial charge in [-0.2, -0.15) is 0 Å². The second kappa shape index (κ2) is 5.45. The third kappa shape index (κ3) is 2.23. The van der Waals surface area contributed by atoms with Crippen molar-refractivity contribution in [2.45, 2.75) is 40.0 Å². The molecule has 22 heavy (non-hydrogen) atoms. The SMILES string of the molecule is COC(=O)C1=C(O)C(C)(C)[C@H]2CCC(C)=C[C@]2(C(=O)OC)C1. The summed E-state index contributed by atoms with van der Waals surface area (Å²) in [6.45, 7) is 5.70. The van der Waals surface area contributed by atoms with Crippen LogP contribution in [0.4, 0.5) is 0 Å². The standard InChI is InChI=1S/C17H24O5/c1-10-6-7-12-16(2,3)13(18)11(14(19)21-4)9-17(12,8-10)15(20)22-5/h8,12,18H,6-7,9H2,1-5H3/t12-,17+/m1/s1. The van der Waals surface area contributed by atoms with Crippen LogP contribution in [0.5, 0.6) is 0 Å². The van der Waals surface area contributed by atoms with Gasteiger partial charge in [0.05, 0.1) is 25.2 Å². The molecule has 0 aromatic rings. The highest BCUT2D eigenvalue weighted by atomic mass is 16.5. The van der Waals surface area contributed by atoms with Crippen molar-refractivity contribution in [1.29, 1.82) is 0 Å². The summed E-state index contributed by atoms with van der Waals surface area (Å²) in [6.07, 6.45) is 3.67. The highest BCUT2D eigenvalue weighted by Gasteiger charge is 2.58. The molecule has 122 valence electrons. The fourth-order valence-corrected chi connectivity index (χ4v) is 4.11. The average Bonchev–Trinajstić information content (AvgIpc) is 2.49. The van der Waals surface area contributed by atoms with Crippen LogP contribution in [0.25, 0.3) is 0 Å². The molecule has 2 rings (SSSR count). The lowest BCUT2D eigenvalue weighted by Crippen LogP contribution is -2.51. The molecule has 0 bridgehead atoms. The third-order valence-electron chi connectivity index (χ3n) is 5.19. The van der Waals surface area contributed by atoms with Crippen LogP contribution in [0, 0.1) is 16.7 Å².